The van der Waals surface area contributed by atoms with Gasteiger partial charge >= 0.3 is 30.5 Å². The molecule has 20 nitrogen and oxygen atoms in total. The monoisotopic (exact) mass is 1920 g/mol. The summed E-state index contributed by atoms with van der Waals surface area (Å²) in [4.78, 5) is 23.5. The van der Waals surface area contributed by atoms with Gasteiger partial charge in [0.2, 0.25) is 0 Å². The molecule has 0 saturated heterocycles. The lowest BCUT2D eigenvalue weighted by Crippen LogP contribution is -2.30. The zero-order chi connectivity index (χ0) is 89.4. The highest BCUT2D eigenvalue weighted by Crippen LogP contribution is 2.45. The van der Waals surface area contributed by atoms with Gasteiger partial charge in [-0.2, -0.15) is 75.2 Å². The van der Waals surface area contributed by atoms with Gasteiger partial charge in [-0.1, -0.05) is 120 Å². The fourth-order valence-electron chi connectivity index (χ4n) is 11.1. The van der Waals surface area contributed by atoms with E-state index in [2.05, 4.69) is 114 Å². The highest BCUT2D eigenvalue weighted by atomic mass is 79.9. The van der Waals surface area contributed by atoms with Gasteiger partial charge in [0, 0.05) is 59.0 Å². The molecule has 0 bridgehead atoms. The Balaban J connectivity index is 0.000000247. The number of carbonyl (C=O) groups is 2. The van der Waals surface area contributed by atoms with E-state index >= 15 is 0 Å². The molecule has 0 saturated carbocycles. The standard InChI is InChI=1S/C13H12BrF3N2.C13H11ClF4N2.C13H14ClFN2S.C13H15ClN2O2S.C10H17ClN2.C9H12ClF3N4O.C7H12BrN3/c1-8(2)19-11(9-6-4-3-5-7-9)10(14)12(18-19)13(15,16)17;1-7(2)20-11(8-4-3-5-9(15)6-8)10(14)12(19-20)13(16,17)18;1-8(2)17-12(11(14)13(16-17)18-3)9-4-6-10(15)7-5-9;1-4-18-13(17)12-10(14)11(9-6-5-7-19-9)15-16(12)8(2)3;1-6(2)10-9(11)8(5)12-13(10)7(3)4;1-4(2)17-5(3-15-8(14)18)6(10)7(16-17)9(11,12)13;1-4(2)11-5(3)6(8)7(9)10-11/h3-8H,1-2H3;3-7H,1-2H3;4-8H,1-3H3;5-8H,4H2,1-3H3;6-7H,1-5H3;4H,3H2,1-2H3,(H3,14,15,18);4H,1-3H3,(H2,9,10). The predicted molar refractivity (Wildman–Crippen MR) is 455 cm³/mol. The van der Waals surface area contributed by atoms with Crippen LogP contribution in [0.1, 0.15) is 216 Å². The zero-order valence-corrected chi connectivity index (χ0v) is 76.6. The molecule has 11 rings (SSSR count). The molecule has 8 heterocycles. The van der Waals surface area contributed by atoms with Crippen LogP contribution in [-0.2, 0) is 29.8 Å². The molecule has 0 aliphatic heterocycles. The quantitative estimate of drug-likeness (QED) is 0.0439. The molecular weight excluding hydrogens is 1830 g/mol. The Morgan fingerprint density at radius 1 is 0.517 bits per heavy atom. The number of esters is 1. The van der Waals surface area contributed by atoms with Gasteiger partial charge < -0.3 is 21.5 Å². The maximum atomic E-state index is 13.3. The van der Waals surface area contributed by atoms with Crippen LogP contribution in [0.3, 0.4) is 0 Å². The van der Waals surface area contributed by atoms with E-state index in [4.69, 9.17) is 74.2 Å². The number of hydrogen-bond acceptors (Lipinski definition) is 13. The van der Waals surface area contributed by atoms with Crippen LogP contribution in [0.5, 0.6) is 0 Å². The van der Waals surface area contributed by atoms with Crippen LogP contribution in [0, 0.1) is 25.5 Å². The minimum atomic E-state index is -4.65. The first kappa shape index (κ1) is 101. The van der Waals surface area contributed by atoms with E-state index in [0.717, 1.165) is 63.2 Å². The van der Waals surface area contributed by atoms with E-state index in [0.29, 0.717) is 63.1 Å². The van der Waals surface area contributed by atoms with E-state index in [1.54, 1.807) is 89.5 Å². The minimum absolute atomic E-state index is 0.0140. The molecule has 646 valence electrons. The van der Waals surface area contributed by atoms with Crippen molar-refractivity contribution in [1.82, 2.24) is 73.8 Å². The summed E-state index contributed by atoms with van der Waals surface area (Å²) in [5.74, 6) is -0.247. The third-order valence-corrected chi connectivity index (χ3v) is 21.7. The lowest BCUT2D eigenvalue weighted by molar-refractivity contribution is -0.142. The first-order valence-electron chi connectivity index (χ1n) is 36.5. The third-order valence-electron chi connectivity index (χ3n) is 16.4. The van der Waals surface area contributed by atoms with Gasteiger partial charge in [0.15, 0.2) is 28.6 Å². The largest absolute Gasteiger partial charge is 0.461 e. The first-order valence-corrected chi connectivity index (χ1v) is 42.0. The summed E-state index contributed by atoms with van der Waals surface area (Å²) in [6.07, 6.45) is -11.8. The topological polar surface area (TPSA) is 232 Å². The van der Waals surface area contributed by atoms with E-state index in [9.17, 15) is 57.9 Å². The number of urea groups is 1. The molecule has 2 amide bonds. The van der Waals surface area contributed by atoms with Crippen LogP contribution < -0.4 is 16.8 Å². The average molecular weight is 1930 g/mol. The molecule has 0 unspecified atom stereocenters. The summed E-state index contributed by atoms with van der Waals surface area (Å²) in [6, 6.07) is 23.6. The van der Waals surface area contributed by atoms with E-state index in [-0.39, 0.29) is 64.0 Å². The number of halogens is 18. The molecule has 0 radical (unpaired) electrons. The summed E-state index contributed by atoms with van der Waals surface area (Å²) < 4.78 is 158. The van der Waals surface area contributed by atoms with Crippen molar-refractivity contribution >= 4 is 131 Å². The number of thioether (sulfide) groups is 1. The number of aryl methyl sites for hydroxylation is 1. The van der Waals surface area contributed by atoms with Gasteiger partial charge in [0.1, 0.15) is 32.4 Å². The molecule has 0 spiro atoms. The molecule has 0 fully saturated rings. The molecule has 3 aromatic carbocycles. The van der Waals surface area contributed by atoms with Gasteiger partial charge in [0.25, 0.3) is 0 Å². The number of alkyl halides is 9. The summed E-state index contributed by atoms with van der Waals surface area (Å²) >= 11 is 39.7. The minimum Gasteiger partial charge on any atom is -0.461 e. The second-order valence-electron chi connectivity index (χ2n) is 28.1. The Kier molecular flexibility index (Phi) is 37.4. The molecule has 40 heteroatoms. The Hall–Kier alpha value is -7.64. The number of hydrogen-bond donors (Lipinski definition) is 3. The number of primary amides is 1. The molecule has 118 heavy (non-hydrogen) atoms. The van der Waals surface area contributed by atoms with Crippen molar-refractivity contribution in [3.8, 4) is 44.3 Å². The van der Waals surface area contributed by atoms with Crippen LogP contribution in [0.2, 0.25) is 25.1 Å². The summed E-state index contributed by atoms with van der Waals surface area (Å²) in [6.45, 7) is 36.7. The Labute approximate surface area is 728 Å². The van der Waals surface area contributed by atoms with Gasteiger partial charge in [-0.15, -0.1) is 23.1 Å². The number of anilines is 1. The number of benzene rings is 3. The Bertz CT molecular complexity index is 5110. The number of thiophene rings is 1. The van der Waals surface area contributed by atoms with Crippen LogP contribution in [-0.4, -0.2) is 93.3 Å². The van der Waals surface area contributed by atoms with Crippen molar-refractivity contribution in [2.24, 2.45) is 5.73 Å². The maximum absolute atomic E-state index is 13.3. The Morgan fingerprint density at radius 3 is 1.42 bits per heavy atom. The number of amides is 2. The van der Waals surface area contributed by atoms with E-state index in [1.165, 1.54) is 58.1 Å². The highest BCUT2D eigenvalue weighted by molar-refractivity contribution is 9.11. The highest BCUT2D eigenvalue weighted by Gasteiger charge is 2.42. The van der Waals surface area contributed by atoms with Crippen molar-refractivity contribution in [2.75, 3.05) is 18.6 Å². The zero-order valence-electron chi connectivity index (χ0n) is 68.0. The second-order valence-corrected chi connectivity index (χ2v) is 33.3. The predicted octanol–water partition coefficient (Wildman–Crippen LogP) is 26.5. The number of carbonyl (C=O) groups excluding carboxylic acids is 2. The Morgan fingerprint density at radius 2 is 0.992 bits per heavy atom. The van der Waals surface area contributed by atoms with Crippen LogP contribution in [0.4, 0.5) is 58.9 Å². The third kappa shape index (κ3) is 26.0. The normalized spacial score (nSPS) is 11.6. The van der Waals surface area contributed by atoms with Crippen LogP contribution in [0.15, 0.2) is 110 Å². The number of rotatable bonds is 17. The van der Waals surface area contributed by atoms with E-state index < -0.39 is 63.5 Å². The molecular formula is C78H93Br2Cl5F11N17O3S2. The first-order chi connectivity index (χ1) is 54.8. The van der Waals surface area contributed by atoms with Gasteiger partial charge in [-0.3, -0.25) is 32.8 Å². The summed E-state index contributed by atoms with van der Waals surface area (Å²) in [5, 5.41) is 33.9. The van der Waals surface area contributed by atoms with Gasteiger partial charge in [0.05, 0.1) is 81.9 Å². The van der Waals surface area contributed by atoms with Crippen LogP contribution in [0.25, 0.3) is 44.3 Å². The molecule has 11 aromatic rings. The van der Waals surface area contributed by atoms with Crippen molar-refractivity contribution in [3.63, 3.8) is 0 Å². The maximum Gasteiger partial charge on any atom is 0.436 e. The van der Waals surface area contributed by atoms with Crippen LogP contribution >= 0.6 is 113 Å². The molecule has 5 N–H and O–H groups in total. The number of ether oxygens (including phenoxy) is 1. The van der Waals surface area contributed by atoms with Crippen molar-refractivity contribution in [2.45, 2.75) is 210 Å². The smallest absolute Gasteiger partial charge is 0.436 e. The fourth-order valence-corrected chi connectivity index (χ4v) is 15.0. The second kappa shape index (κ2) is 43.7. The molecule has 8 aromatic heterocycles. The number of nitrogens with one attached hydrogen (secondary N) is 1. The SMILES string of the molecule is CC(C)n1nc(C(F)(F)F)c(Br)c1-c1ccccc1.CC(C)n1nc(C(F)(F)F)c(Cl)c1-c1cccc(F)c1.CC(C)n1nc(C(F)(F)F)c(Cl)c1CNC(N)=O.CCOC(=O)c1c(Cl)c(-c2cccs2)nn1C(C)C.CSc1nn(C(C)C)c(-c2ccc(F)cc2)c1Cl.Cc1c(Br)c(N)nn1C(C)C.Cc1nn(C(C)C)c(C(C)C)c1Cl. The number of nitrogen functional groups attached to an aromatic ring is 1. The number of nitrogens with zero attached hydrogens (tertiary/aromatic N) is 14. The van der Waals surface area contributed by atoms with Crippen molar-refractivity contribution in [1.29, 1.82) is 0 Å². The molecule has 0 aliphatic carbocycles. The average Bonchev–Trinajstić information content (AvgIpc) is 1.63. The van der Waals surface area contributed by atoms with Crippen molar-refractivity contribution in [3.05, 3.63) is 188 Å². The van der Waals surface area contributed by atoms with Gasteiger partial charge in [-0.25, -0.2) is 18.4 Å². The molecule has 0 aliphatic rings. The summed E-state index contributed by atoms with van der Waals surface area (Å²) in [7, 11) is 0. The number of nitrogens with two attached hydrogens (primary N) is 2. The summed E-state index contributed by atoms with van der Waals surface area (Å²) in [5.41, 5.74) is 14.6. The van der Waals surface area contributed by atoms with Gasteiger partial charge in [-0.05, 0) is 210 Å². The van der Waals surface area contributed by atoms with Crippen molar-refractivity contribution < 1.29 is 62.6 Å². The number of aromatic nitrogens is 14. The van der Waals surface area contributed by atoms with E-state index in [1.807, 2.05) is 85.4 Å². The lowest BCUT2D eigenvalue weighted by atomic mass is 10.1. The molecule has 0 atom stereocenters. The lowest BCUT2D eigenvalue weighted by Gasteiger charge is -2.13. The fraction of sp³-hybridized carbons (Fsp3) is 0.423.